The molecule has 5 nitrogen and oxygen atoms in total. The summed E-state index contributed by atoms with van der Waals surface area (Å²) in [7, 11) is 0. The fraction of sp³-hybridized carbons (Fsp3) is 0.357. The summed E-state index contributed by atoms with van der Waals surface area (Å²) in [5, 5.41) is 0. The number of hydrogen-bond donors (Lipinski definition) is 0. The highest BCUT2D eigenvalue weighted by Crippen LogP contribution is 2.33. The highest BCUT2D eigenvalue weighted by molar-refractivity contribution is 6.18. The zero-order valence-corrected chi connectivity index (χ0v) is 11.6. The lowest BCUT2D eigenvalue weighted by Crippen LogP contribution is -2.47. The fourth-order valence-corrected chi connectivity index (χ4v) is 2.21. The molecule has 0 bridgehead atoms. The molecular weight excluding hydrogens is 305 g/mol. The Morgan fingerprint density at radius 1 is 1.09 bits per heavy atom. The molecule has 0 aliphatic carbocycles. The summed E-state index contributed by atoms with van der Waals surface area (Å²) >= 11 is 0. The van der Waals surface area contributed by atoms with E-state index in [9.17, 15) is 27.6 Å². The Balaban J connectivity index is 2.50. The summed E-state index contributed by atoms with van der Waals surface area (Å²) in [6.45, 7) is 1.52. The van der Waals surface area contributed by atoms with Crippen LogP contribution in [0.15, 0.2) is 12.1 Å². The minimum atomic E-state index is -1.99. The van der Waals surface area contributed by atoms with E-state index in [1.807, 2.05) is 0 Å². The minimum Gasteiger partial charge on any atom is -0.427 e. The first-order chi connectivity index (χ1) is 10.2. The van der Waals surface area contributed by atoms with Gasteiger partial charge in [0, 0.05) is 5.56 Å². The van der Waals surface area contributed by atoms with Gasteiger partial charge in [-0.3, -0.25) is 14.4 Å². The summed E-state index contributed by atoms with van der Waals surface area (Å²) < 4.78 is 49.9. The van der Waals surface area contributed by atoms with Crippen LogP contribution in [0.1, 0.15) is 19.4 Å². The molecule has 0 N–H and O–H groups in total. The summed E-state index contributed by atoms with van der Waals surface area (Å²) in [5.74, 6) is -9.55. The standard InChI is InChI=1S/C14H11F3O5/c1-14(2,9-6(15)3-4-7(16)10(9)17)11(18)8-12(19)21-5-22-13(8)20/h3-4,8H,5H2,1-2H3. The van der Waals surface area contributed by atoms with E-state index < -0.39 is 58.9 Å². The third-order valence-corrected chi connectivity index (χ3v) is 3.42. The molecule has 1 aliphatic rings. The van der Waals surface area contributed by atoms with E-state index in [1.54, 1.807) is 0 Å². The second-order valence-electron chi connectivity index (χ2n) is 5.19. The van der Waals surface area contributed by atoms with Gasteiger partial charge in [-0.05, 0) is 26.0 Å². The van der Waals surface area contributed by atoms with Gasteiger partial charge in [-0.25, -0.2) is 13.2 Å². The number of ketones is 1. The molecule has 1 heterocycles. The summed E-state index contributed by atoms with van der Waals surface area (Å²) in [6.07, 6.45) is 0. The number of ether oxygens (including phenoxy) is 2. The fourth-order valence-electron chi connectivity index (χ4n) is 2.21. The van der Waals surface area contributed by atoms with E-state index in [0.717, 1.165) is 13.8 Å². The average Bonchev–Trinajstić information content (AvgIpc) is 2.42. The van der Waals surface area contributed by atoms with Crippen molar-refractivity contribution in [3.63, 3.8) is 0 Å². The van der Waals surface area contributed by atoms with Crippen LogP contribution in [0.5, 0.6) is 0 Å². The van der Waals surface area contributed by atoms with Gasteiger partial charge in [-0.1, -0.05) is 0 Å². The second kappa shape index (κ2) is 5.43. The maximum absolute atomic E-state index is 13.9. The van der Waals surface area contributed by atoms with Crippen LogP contribution in [-0.2, 0) is 29.3 Å². The predicted octanol–water partition coefficient (Wildman–Crippen LogP) is 1.62. The molecule has 0 amide bonds. The van der Waals surface area contributed by atoms with Crippen molar-refractivity contribution >= 4 is 17.7 Å². The van der Waals surface area contributed by atoms with Crippen molar-refractivity contribution in [1.29, 1.82) is 0 Å². The van der Waals surface area contributed by atoms with E-state index in [-0.39, 0.29) is 0 Å². The van der Waals surface area contributed by atoms with Crippen LogP contribution in [0.4, 0.5) is 13.2 Å². The zero-order chi connectivity index (χ0) is 16.7. The topological polar surface area (TPSA) is 69.7 Å². The smallest absolute Gasteiger partial charge is 0.330 e. The van der Waals surface area contributed by atoms with E-state index in [2.05, 4.69) is 9.47 Å². The summed E-state index contributed by atoms with van der Waals surface area (Å²) in [5.41, 5.74) is -2.86. The number of rotatable bonds is 3. The molecule has 118 valence electrons. The van der Waals surface area contributed by atoms with Gasteiger partial charge in [0.1, 0.15) is 5.82 Å². The maximum atomic E-state index is 13.9. The van der Waals surface area contributed by atoms with Crippen LogP contribution in [0.2, 0.25) is 0 Å². The van der Waals surface area contributed by atoms with Crippen molar-refractivity contribution in [3.05, 3.63) is 35.1 Å². The third-order valence-electron chi connectivity index (χ3n) is 3.42. The van der Waals surface area contributed by atoms with Crippen LogP contribution < -0.4 is 0 Å². The molecule has 1 aliphatic heterocycles. The SMILES string of the molecule is CC(C)(C(=O)C1C(=O)OCOC1=O)c1c(F)ccc(F)c1F. The number of hydrogen-bond acceptors (Lipinski definition) is 5. The first-order valence-electron chi connectivity index (χ1n) is 6.19. The highest BCUT2D eigenvalue weighted by Gasteiger charge is 2.49. The lowest BCUT2D eigenvalue weighted by molar-refractivity contribution is -0.191. The van der Waals surface area contributed by atoms with Crippen LogP contribution in [0, 0.1) is 23.4 Å². The largest absolute Gasteiger partial charge is 0.427 e. The lowest BCUT2D eigenvalue weighted by Gasteiger charge is -2.29. The molecule has 8 heteroatoms. The number of carbonyl (C=O) groups is 3. The number of carbonyl (C=O) groups excluding carboxylic acids is 3. The molecule has 1 saturated heterocycles. The van der Waals surface area contributed by atoms with Crippen LogP contribution in [0.25, 0.3) is 0 Å². The molecule has 0 unspecified atom stereocenters. The van der Waals surface area contributed by atoms with E-state index in [4.69, 9.17) is 0 Å². The van der Waals surface area contributed by atoms with E-state index >= 15 is 0 Å². The Morgan fingerprint density at radius 2 is 1.59 bits per heavy atom. The van der Waals surface area contributed by atoms with Gasteiger partial charge in [-0.2, -0.15) is 0 Å². The normalized spacial score (nSPS) is 16.2. The molecule has 1 fully saturated rings. The van der Waals surface area contributed by atoms with Crippen LogP contribution >= 0.6 is 0 Å². The number of Topliss-reactive ketones (excluding diaryl/α,β-unsaturated/α-hetero) is 1. The van der Waals surface area contributed by atoms with Crippen LogP contribution in [0.3, 0.4) is 0 Å². The Bertz CT molecular complexity index is 653. The number of halogens is 3. The zero-order valence-electron chi connectivity index (χ0n) is 11.6. The van der Waals surface area contributed by atoms with Gasteiger partial charge < -0.3 is 9.47 Å². The molecule has 22 heavy (non-hydrogen) atoms. The first kappa shape index (κ1) is 16.0. The number of cyclic esters (lactones) is 2. The van der Waals surface area contributed by atoms with Gasteiger partial charge in [-0.15, -0.1) is 0 Å². The highest BCUT2D eigenvalue weighted by atomic mass is 19.2. The molecular formula is C14H11F3O5. The minimum absolute atomic E-state index is 0.567. The molecule has 0 saturated carbocycles. The molecule has 0 spiro atoms. The first-order valence-corrected chi connectivity index (χ1v) is 6.19. The van der Waals surface area contributed by atoms with Crippen molar-refractivity contribution in [2.45, 2.75) is 19.3 Å². The molecule has 0 aromatic heterocycles. The third kappa shape index (κ3) is 2.44. The van der Waals surface area contributed by atoms with Gasteiger partial charge in [0.15, 0.2) is 17.4 Å². The molecule has 1 aromatic carbocycles. The Kier molecular flexibility index (Phi) is 3.95. The van der Waals surface area contributed by atoms with E-state index in [1.165, 1.54) is 0 Å². The lowest BCUT2D eigenvalue weighted by atomic mass is 9.75. The summed E-state index contributed by atoms with van der Waals surface area (Å²) in [6, 6.07) is 1.22. The Morgan fingerprint density at radius 3 is 2.14 bits per heavy atom. The number of esters is 2. The quantitative estimate of drug-likeness (QED) is 0.481. The van der Waals surface area contributed by atoms with E-state index in [0.29, 0.717) is 12.1 Å². The molecule has 0 radical (unpaired) electrons. The van der Waals surface area contributed by atoms with Crippen molar-refractivity contribution in [2.75, 3.05) is 6.79 Å². The Hall–Kier alpha value is -2.38. The van der Waals surface area contributed by atoms with Gasteiger partial charge in [0.2, 0.25) is 12.7 Å². The van der Waals surface area contributed by atoms with Crippen molar-refractivity contribution in [3.8, 4) is 0 Å². The molecule has 1 aromatic rings. The van der Waals surface area contributed by atoms with Gasteiger partial charge in [0.25, 0.3) is 0 Å². The monoisotopic (exact) mass is 316 g/mol. The molecule has 0 atom stereocenters. The predicted molar refractivity (Wildman–Crippen MR) is 64.9 cm³/mol. The van der Waals surface area contributed by atoms with Gasteiger partial charge in [0.05, 0.1) is 5.41 Å². The maximum Gasteiger partial charge on any atom is 0.330 e. The van der Waals surface area contributed by atoms with Gasteiger partial charge >= 0.3 is 11.9 Å². The summed E-state index contributed by atoms with van der Waals surface area (Å²) in [4.78, 5) is 35.5. The van der Waals surface area contributed by atoms with Crippen LogP contribution in [-0.4, -0.2) is 24.5 Å². The van der Waals surface area contributed by atoms with Crippen molar-refractivity contribution < 1.29 is 37.0 Å². The number of benzene rings is 1. The van der Waals surface area contributed by atoms with Crippen molar-refractivity contribution in [1.82, 2.24) is 0 Å². The molecule has 2 rings (SSSR count). The second-order valence-corrected chi connectivity index (χ2v) is 5.19. The van der Waals surface area contributed by atoms with Crippen molar-refractivity contribution in [2.24, 2.45) is 5.92 Å². The average molecular weight is 316 g/mol. The Labute approximate surface area is 123 Å².